The third-order valence-electron chi connectivity index (χ3n) is 6.21. The summed E-state index contributed by atoms with van der Waals surface area (Å²) in [5.74, 6) is 0.970. The lowest BCUT2D eigenvalue weighted by atomic mass is 9.77. The van der Waals surface area contributed by atoms with Gasteiger partial charge in [0.2, 0.25) is 5.95 Å². The topological polar surface area (TPSA) is 73.4 Å². The first-order valence-electron chi connectivity index (χ1n) is 9.69. The van der Waals surface area contributed by atoms with Crippen LogP contribution in [0.3, 0.4) is 0 Å². The standard InChI is InChI=1S/C21H28N4O2/c1-14-6-4-5-7-16(14)17-18(22)23-20(24(3)19(17)26)25-10-8-21(9-11-25)12-15(2)27-13-21/h4-7,15H,8-13,22H2,1-3H3/t15-/m0/s1. The van der Waals surface area contributed by atoms with Crippen molar-refractivity contribution in [1.82, 2.24) is 9.55 Å². The fourth-order valence-electron chi connectivity index (χ4n) is 4.57. The normalized spacial score (nSPS) is 21.7. The van der Waals surface area contributed by atoms with Gasteiger partial charge in [0.25, 0.3) is 5.56 Å². The smallest absolute Gasteiger partial charge is 0.264 e. The predicted octanol–water partition coefficient (Wildman–Crippen LogP) is 2.73. The van der Waals surface area contributed by atoms with Crippen LogP contribution in [0.2, 0.25) is 0 Å². The molecule has 6 heteroatoms. The molecule has 0 saturated carbocycles. The molecule has 2 fully saturated rings. The fraction of sp³-hybridized carbons (Fsp3) is 0.524. The second kappa shape index (κ2) is 6.68. The summed E-state index contributed by atoms with van der Waals surface area (Å²) < 4.78 is 7.46. The molecule has 3 heterocycles. The summed E-state index contributed by atoms with van der Waals surface area (Å²) in [6, 6.07) is 7.79. The van der Waals surface area contributed by atoms with Crippen molar-refractivity contribution in [1.29, 1.82) is 0 Å². The Labute approximate surface area is 160 Å². The molecule has 6 nitrogen and oxygen atoms in total. The Kier molecular flexibility index (Phi) is 4.46. The maximum absolute atomic E-state index is 13.1. The van der Waals surface area contributed by atoms with Crippen LogP contribution in [0, 0.1) is 12.3 Å². The van der Waals surface area contributed by atoms with Gasteiger partial charge in [-0.15, -0.1) is 0 Å². The van der Waals surface area contributed by atoms with Crippen LogP contribution in [-0.4, -0.2) is 35.4 Å². The van der Waals surface area contributed by atoms with Gasteiger partial charge in [-0.2, -0.15) is 4.98 Å². The molecular formula is C21H28N4O2. The summed E-state index contributed by atoms with van der Waals surface area (Å²) >= 11 is 0. The van der Waals surface area contributed by atoms with Crippen LogP contribution in [0.1, 0.15) is 31.7 Å². The summed E-state index contributed by atoms with van der Waals surface area (Å²) in [6.45, 7) is 6.73. The van der Waals surface area contributed by atoms with Gasteiger partial charge in [-0.25, -0.2) is 0 Å². The van der Waals surface area contributed by atoms with Crippen molar-refractivity contribution in [2.75, 3.05) is 30.3 Å². The zero-order chi connectivity index (χ0) is 19.2. The molecule has 0 aliphatic carbocycles. The van der Waals surface area contributed by atoms with E-state index in [4.69, 9.17) is 10.5 Å². The Balaban J connectivity index is 1.64. The van der Waals surface area contributed by atoms with E-state index >= 15 is 0 Å². The molecule has 0 bridgehead atoms. The van der Waals surface area contributed by atoms with E-state index in [9.17, 15) is 4.79 Å². The molecule has 0 amide bonds. The third kappa shape index (κ3) is 3.12. The van der Waals surface area contributed by atoms with Gasteiger partial charge in [-0.1, -0.05) is 24.3 Å². The Hall–Kier alpha value is -2.34. The number of aromatic nitrogens is 2. The van der Waals surface area contributed by atoms with E-state index < -0.39 is 0 Å². The average Bonchev–Trinajstić information content (AvgIpc) is 3.01. The lowest BCUT2D eigenvalue weighted by Crippen LogP contribution is -2.43. The highest BCUT2D eigenvalue weighted by molar-refractivity contribution is 5.76. The second-order valence-corrected chi connectivity index (χ2v) is 8.16. The van der Waals surface area contributed by atoms with E-state index in [-0.39, 0.29) is 5.56 Å². The van der Waals surface area contributed by atoms with Gasteiger partial charge in [0.05, 0.1) is 18.3 Å². The first-order chi connectivity index (χ1) is 12.9. The summed E-state index contributed by atoms with van der Waals surface area (Å²) in [4.78, 5) is 19.9. The molecule has 1 spiro atoms. The third-order valence-corrected chi connectivity index (χ3v) is 6.21. The minimum absolute atomic E-state index is 0.0927. The number of anilines is 2. The number of benzene rings is 1. The number of rotatable bonds is 2. The molecule has 1 aromatic heterocycles. The zero-order valence-corrected chi connectivity index (χ0v) is 16.4. The van der Waals surface area contributed by atoms with Crippen LogP contribution in [0.5, 0.6) is 0 Å². The van der Waals surface area contributed by atoms with Gasteiger partial charge in [0.15, 0.2) is 0 Å². The Bertz CT molecular complexity index is 913. The van der Waals surface area contributed by atoms with Gasteiger partial charge < -0.3 is 15.4 Å². The molecular weight excluding hydrogens is 340 g/mol. The molecule has 2 aliphatic heterocycles. The predicted molar refractivity (Wildman–Crippen MR) is 108 cm³/mol. The summed E-state index contributed by atoms with van der Waals surface area (Å²) in [5.41, 5.74) is 8.82. The average molecular weight is 368 g/mol. The Morgan fingerprint density at radius 2 is 1.96 bits per heavy atom. The number of hydrogen-bond donors (Lipinski definition) is 1. The lowest BCUT2D eigenvalue weighted by molar-refractivity contribution is 0.0974. The van der Waals surface area contributed by atoms with Gasteiger partial charge in [-0.3, -0.25) is 9.36 Å². The summed E-state index contributed by atoms with van der Waals surface area (Å²) in [5, 5.41) is 0. The van der Waals surface area contributed by atoms with E-state index in [0.717, 1.165) is 50.1 Å². The number of nitrogens with zero attached hydrogens (tertiary/aromatic N) is 3. The molecule has 144 valence electrons. The van der Waals surface area contributed by atoms with Gasteiger partial charge in [-0.05, 0) is 49.7 Å². The van der Waals surface area contributed by atoms with Crippen molar-refractivity contribution in [2.45, 2.75) is 39.2 Å². The van der Waals surface area contributed by atoms with Crippen molar-refractivity contribution >= 4 is 11.8 Å². The number of piperidine rings is 1. The Morgan fingerprint density at radius 3 is 2.59 bits per heavy atom. The van der Waals surface area contributed by atoms with Crippen molar-refractivity contribution in [3.63, 3.8) is 0 Å². The summed E-state index contributed by atoms with van der Waals surface area (Å²) in [7, 11) is 1.79. The maximum atomic E-state index is 13.1. The number of aryl methyl sites for hydroxylation is 1. The first-order valence-corrected chi connectivity index (χ1v) is 9.69. The largest absolute Gasteiger partial charge is 0.383 e. The summed E-state index contributed by atoms with van der Waals surface area (Å²) in [6.07, 6.45) is 3.60. The number of nitrogen functional groups attached to an aromatic ring is 1. The van der Waals surface area contributed by atoms with Crippen LogP contribution >= 0.6 is 0 Å². The molecule has 27 heavy (non-hydrogen) atoms. The SMILES string of the molecule is Cc1ccccc1-c1c(N)nc(N2CCC3(CC2)CO[C@@H](C)C3)n(C)c1=O. The van der Waals surface area contributed by atoms with Crippen molar-refractivity contribution in [3.8, 4) is 11.1 Å². The van der Waals surface area contributed by atoms with E-state index in [0.29, 0.717) is 28.8 Å². The van der Waals surface area contributed by atoms with E-state index in [2.05, 4.69) is 16.8 Å². The maximum Gasteiger partial charge on any atom is 0.264 e. The van der Waals surface area contributed by atoms with E-state index in [1.807, 2.05) is 31.2 Å². The lowest BCUT2D eigenvalue weighted by Gasteiger charge is -2.39. The van der Waals surface area contributed by atoms with Crippen molar-refractivity contribution < 1.29 is 4.74 Å². The minimum Gasteiger partial charge on any atom is -0.383 e. The molecule has 1 atom stereocenters. The fourth-order valence-corrected chi connectivity index (χ4v) is 4.57. The van der Waals surface area contributed by atoms with E-state index in [1.54, 1.807) is 11.6 Å². The molecule has 1 aromatic carbocycles. The highest BCUT2D eigenvalue weighted by atomic mass is 16.5. The van der Waals surface area contributed by atoms with Gasteiger partial charge in [0.1, 0.15) is 5.82 Å². The molecule has 2 N–H and O–H groups in total. The van der Waals surface area contributed by atoms with Gasteiger partial charge in [0, 0.05) is 20.1 Å². The van der Waals surface area contributed by atoms with Crippen LogP contribution in [0.15, 0.2) is 29.1 Å². The second-order valence-electron chi connectivity index (χ2n) is 8.16. The Morgan fingerprint density at radius 1 is 1.26 bits per heavy atom. The number of nitrogens with two attached hydrogens (primary N) is 1. The molecule has 4 rings (SSSR count). The van der Waals surface area contributed by atoms with Crippen LogP contribution in [-0.2, 0) is 11.8 Å². The molecule has 0 radical (unpaired) electrons. The monoisotopic (exact) mass is 368 g/mol. The van der Waals surface area contributed by atoms with Gasteiger partial charge >= 0.3 is 0 Å². The molecule has 2 aromatic rings. The van der Waals surface area contributed by atoms with Crippen LogP contribution in [0.25, 0.3) is 11.1 Å². The first kappa shape index (κ1) is 18.0. The van der Waals surface area contributed by atoms with Crippen LogP contribution < -0.4 is 16.2 Å². The minimum atomic E-state index is -0.0927. The van der Waals surface area contributed by atoms with E-state index in [1.165, 1.54) is 0 Å². The number of hydrogen-bond acceptors (Lipinski definition) is 5. The van der Waals surface area contributed by atoms with Crippen LogP contribution in [0.4, 0.5) is 11.8 Å². The highest BCUT2D eigenvalue weighted by Crippen LogP contribution is 2.42. The molecule has 2 saturated heterocycles. The number of ether oxygens (including phenoxy) is 1. The quantitative estimate of drug-likeness (QED) is 0.882. The highest BCUT2D eigenvalue weighted by Gasteiger charge is 2.41. The molecule has 2 aliphatic rings. The molecule has 0 unspecified atom stereocenters. The van der Waals surface area contributed by atoms with Crippen molar-refractivity contribution in [2.24, 2.45) is 12.5 Å². The zero-order valence-electron chi connectivity index (χ0n) is 16.4. The van der Waals surface area contributed by atoms with Crippen molar-refractivity contribution in [3.05, 3.63) is 40.2 Å².